The Kier molecular flexibility index (Phi) is 8.12. The Balaban J connectivity index is 1.31. The van der Waals surface area contributed by atoms with Gasteiger partial charge < -0.3 is 10.1 Å². The predicted molar refractivity (Wildman–Crippen MR) is 118 cm³/mol. The second-order valence-electron chi connectivity index (χ2n) is 8.01. The monoisotopic (exact) mass is 394 g/mol. The Morgan fingerprint density at radius 2 is 1.69 bits per heavy atom. The summed E-state index contributed by atoms with van der Waals surface area (Å²) in [7, 11) is 0. The number of amides is 1. The number of aryl methyl sites for hydroxylation is 2. The number of nitrogens with one attached hydrogen (secondary N) is 1. The number of hydrogen-bond acceptors (Lipinski definition) is 3. The number of piperidine rings is 1. The maximum atomic E-state index is 12.5. The summed E-state index contributed by atoms with van der Waals surface area (Å²) in [4.78, 5) is 14.9. The molecule has 1 N–H and O–H groups in total. The molecular formula is C25H34N2O2. The average molecular weight is 395 g/mol. The molecule has 0 unspecified atom stereocenters. The van der Waals surface area contributed by atoms with Crippen molar-refractivity contribution < 1.29 is 9.53 Å². The van der Waals surface area contributed by atoms with Crippen LogP contribution in [0.5, 0.6) is 5.75 Å². The van der Waals surface area contributed by atoms with Crippen molar-refractivity contribution in [2.24, 2.45) is 5.92 Å². The molecule has 1 fully saturated rings. The second kappa shape index (κ2) is 11.0. The largest absolute Gasteiger partial charge is 0.494 e. The Labute approximate surface area is 175 Å². The lowest BCUT2D eigenvalue weighted by Gasteiger charge is -2.31. The van der Waals surface area contributed by atoms with Crippen LogP contribution in [0.2, 0.25) is 0 Å². The van der Waals surface area contributed by atoms with Crippen LogP contribution in [-0.2, 0) is 17.8 Å². The molecule has 1 heterocycles. The summed E-state index contributed by atoms with van der Waals surface area (Å²) in [5, 5.41) is 3.14. The first-order valence-corrected chi connectivity index (χ1v) is 10.9. The zero-order valence-electron chi connectivity index (χ0n) is 17.8. The van der Waals surface area contributed by atoms with Crippen molar-refractivity contribution in [1.82, 2.24) is 10.2 Å². The van der Waals surface area contributed by atoms with Crippen molar-refractivity contribution >= 4 is 5.91 Å². The van der Waals surface area contributed by atoms with E-state index in [9.17, 15) is 4.79 Å². The van der Waals surface area contributed by atoms with Gasteiger partial charge in [-0.3, -0.25) is 9.69 Å². The third kappa shape index (κ3) is 6.90. The number of hydrogen-bond donors (Lipinski definition) is 1. The molecule has 1 amide bonds. The Bertz CT molecular complexity index is 747. The molecule has 156 valence electrons. The molecule has 0 radical (unpaired) electrons. The molecule has 2 aromatic carbocycles. The highest BCUT2D eigenvalue weighted by Crippen LogP contribution is 2.19. The number of ether oxygens (including phenoxy) is 1. The lowest BCUT2D eigenvalue weighted by Crippen LogP contribution is -2.40. The molecule has 0 saturated carbocycles. The van der Waals surface area contributed by atoms with Crippen LogP contribution in [-0.4, -0.2) is 37.0 Å². The SMILES string of the molecule is CCOc1ccc(CCCNC(=O)C2CCN(Cc3ccc(C)cc3)CC2)cc1. The first-order valence-electron chi connectivity index (χ1n) is 10.9. The summed E-state index contributed by atoms with van der Waals surface area (Å²) < 4.78 is 5.47. The topological polar surface area (TPSA) is 41.6 Å². The van der Waals surface area contributed by atoms with Crippen LogP contribution in [0.1, 0.15) is 42.9 Å². The fraction of sp³-hybridized carbons (Fsp3) is 0.480. The molecule has 0 bridgehead atoms. The Morgan fingerprint density at radius 1 is 1.03 bits per heavy atom. The molecule has 0 atom stereocenters. The van der Waals surface area contributed by atoms with Crippen molar-refractivity contribution in [3.8, 4) is 5.75 Å². The zero-order valence-corrected chi connectivity index (χ0v) is 17.8. The van der Waals surface area contributed by atoms with Crippen LogP contribution in [0.4, 0.5) is 0 Å². The molecule has 3 rings (SSSR count). The van der Waals surface area contributed by atoms with Crippen LogP contribution in [0, 0.1) is 12.8 Å². The van der Waals surface area contributed by atoms with E-state index in [1.54, 1.807) is 0 Å². The third-order valence-corrected chi connectivity index (χ3v) is 5.66. The van der Waals surface area contributed by atoms with E-state index in [4.69, 9.17) is 4.74 Å². The van der Waals surface area contributed by atoms with Gasteiger partial charge >= 0.3 is 0 Å². The minimum absolute atomic E-state index is 0.162. The highest BCUT2D eigenvalue weighted by molar-refractivity contribution is 5.78. The lowest BCUT2D eigenvalue weighted by molar-refractivity contribution is -0.126. The number of nitrogens with zero attached hydrogens (tertiary/aromatic N) is 1. The molecule has 0 spiro atoms. The fourth-order valence-corrected chi connectivity index (χ4v) is 3.87. The first-order chi connectivity index (χ1) is 14.1. The van der Waals surface area contributed by atoms with E-state index in [-0.39, 0.29) is 11.8 Å². The maximum Gasteiger partial charge on any atom is 0.223 e. The minimum Gasteiger partial charge on any atom is -0.494 e. The first kappa shape index (κ1) is 21.4. The van der Waals surface area contributed by atoms with Crippen molar-refractivity contribution in [2.75, 3.05) is 26.2 Å². The highest BCUT2D eigenvalue weighted by Gasteiger charge is 2.24. The minimum atomic E-state index is 0.162. The van der Waals surface area contributed by atoms with E-state index in [1.807, 2.05) is 19.1 Å². The van der Waals surface area contributed by atoms with E-state index < -0.39 is 0 Å². The van der Waals surface area contributed by atoms with Gasteiger partial charge in [-0.1, -0.05) is 42.0 Å². The predicted octanol–water partition coefficient (Wildman–Crippen LogP) is 4.35. The highest BCUT2D eigenvalue weighted by atomic mass is 16.5. The van der Waals surface area contributed by atoms with E-state index in [0.29, 0.717) is 6.61 Å². The van der Waals surface area contributed by atoms with Gasteiger partial charge in [-0.25, -0.2) is 0 Å². The Morgan fingerprint density at radius 3 is 2.34 bits per heavy atom. The Hall–Kier alpha value is -2.33. The molecule has 2 aromatic rings. The molecule has 0 aliphatic carbocycles. The van der Waals surface area contributed by atoms with Crippen molar-refractivity contribution in [2.45, 2.75) is 46.1 Å². The quantitative estimate of drug-likeness (QED) is 0.643. The standard InChI is InChI=1S/C25H34N2O2/c1-3-29-24-12-10-21(11-13-24)5-4-16-26-25(28)23-14-17-27(18-15-23)19-22-8-6-20(2)7-9-22/h6-13,23H,3-5,14-19H2,1-2H3,(H,26,28). The van der Waals surface area contributed by atoms with E-state index in [1.165, 1.54) is 16.7 Å². The van der Waals surface area contributed by atoms with Crippen molar-refractivity contribution in [3.05, 3.63) is 65.2 Å². The zero-order chi connectivity index (χ0) is 20.5. The van der Waals surface area contributed by atoms with Crippen LogP contribution in [0.3, 0.4) is 0 Å². The molecule has 1 saturated heterocycles. The van der Waals surface area contributed by atoms with Crippen LogP contribution >= 0.6 is 0 Å². The molecule has 29 heavy (non-hydrogen) atoms. The smallest absolute Gasteiger partial charge is 0.223 e. The number of likely N-dealkylation sites (tertiary alicyclic amines) is 1. The van der Waals surface area contributed by atoms with Crippen molar-refractivity contribution in [3.63, 3.8) is 0 Å². The fourth-order valence-electron chi connectivity index (χ4n) is 3.87. The number of benzene rings is 2. The summed E-state index contributed by atoms with van der Waals surface area (Å²) in [6.07, 6.45) is 3.85. The molecule has 4 nitrogen and oxygen atoms in total. The summed E-state index contributed by atoms with van der Waals surface area (Å²) >= 11 is 0. The van der Waals surface area contributed by atoms with E-state index in [2.05, 4.69) is 53.5 Å². The second-order valence-corrected chi connectivity index (χ2v) is 8.01. The number of carbonyl (C=O) groups is 1. The van der Waals surface area contributed by atoms with Gasteiger partial charge in [-0.15, -0.1) is 0 Å². The van der Waals surface area contributed by atoms with Gasteiger partial charge in [0.1, 0.15) is 5.75 Å². The van der Waals surface area contributed by atoms with Crippen LogP contribution in [0.15, 0.2) is 48.5 Å². The van der Waals surface area contributed by atoms with Gasteiger partial charge in [0.2, 0.25) is 5.91 Å². The van der Waals surface area contributed by atoms with Crippen LogP contribution < -0.4 is 10.1 Å². The van der Waals surface area contributed by atoms with E-state index >= 15 is 0 Å². The van der Waals surface area contributed by atoms with Gasteiger partial charge in [-0.05, 0) is 75.9 Å². The molecule has 1 aliphatic rings. The molecule has 0 aromatic heterocycles. The summed E-state index contributed by atoms with van der Waals surface area (Å²) in [6.45, 7) is 8.52. The lowest BCUT2D eigenvalue weighted by atomic mass is 9.95. The van der Waals surface area contributed by atoms with E-state index in [0.717, 1.165) is 57.6 Å². The molecule has 1 aliphatic heterocycles. The summed E-state index contributed by atoms with van der Waals surface area (Å²) in [6, 6.07) is 17.0. The van der Waals surface area contributed by atoms with Gasteiger partial charge in [0.25, 0.3) is 0 Å². The van der Waals surface area contributed by atoms with Gasteiger partial charge in [0.15, 0.2) is 0 Å². The van der Waals surface area contributed by atoms with Gasteiger partial charge in [0, 0.05) is 19.0 Å². The number of carbonyl (C=O) groups excluding carboxylic acids is 1. The maximum absolute atomic E-state index is 12.5. The van der Waals surface area contributed by atoms with Gasteiger partial charge in [0.05, 0.1) is 6.61 Å². The third-order valence-electron chi connectivity index (χ3n) is 5.66. The van der Waals surface area contributed by atoms with Gasteiger partial charge in [-0.2, -0.15) is 0 Å². The average Bonchev–Trinajstić information content (AvgIpc) is 2.74. The summed E-state index contributed by atoms with van der Waals surface area (Å²) in [5.41, 5.74) is 3.94. The molecule has 4 heteroatoms. The van der Waals surface area contributed by atoms with Crippen LogP contribution in [0.25, 0.3) is 0 Å². The normalized spacial score (nSPS) is 15.2. The summed E-state index contributed by atoms with van der Waals surface area (Å²) in [5.74, 6) is 1.31. The number of rotatable bonds is 9. The van der Waals surface area contributed by atoms with Crippen molar-refractivity contribution in [1.29, 1.82) is 0 Å². The molecular weight excluding hydrogens is 360 g/mol.